The Balaban J connectivity index is 1.46. The number of aromatic nitrogens is 4. The zero-order chi connectivity index (χ0) is 20.5. The van der Waals surface area contributed by atoms with Gasteiger partial charge in [0.25, 0.3) is 5.91 Å². The highest BCUT2D eigenvalue weighted by Gasteiger charge is 2.19. The van der Waals surface area contributed by atoms with E-state index in [0.29, 0.717) is 17.8 Å². The summed E-state index contributed by atoms with van der Waals surface area (Å²) in [6, 6.07) is 17.8. The van der Waals surface area contributed by atoms with Crippen LogP contribution in [0, 0.1) is 6.92 Å². The highest BCUT2D eigenvalue weighted by Crippen LogP contribution is 2.24. The smallest absolute Gasteiger partial charge is 0.255 e. The molecule has 0 aliphatic carbocycles. The molecule has 0 unspecified atom stereocenters. The molecule has 0 saturated heterocycles. The van der Waals surface area contributed by atoms with E-state index >= 15 is 0 Å². The molecule has 30 heavy (non-hydrogen) atoms. The number of rotatable bonds is 5. The molecule has 1 N–H and O–H groups in total. The van der Waals surface area contributed by atoms with Crippen LogP contribution in [0.3, 0.4) is 0 Å². The SMILES string of the molecule is Cc1ccc(-n2cc(C(=O)NCc3cn4ccsc4n3)c(-c3ccccc3)n2)cc1. The number of nitrogens with one attached hydrogen (secondary N) is 1. The highest BCUT2D eigenvalue weighted by atomic mass is 32.1. The van der Waals surface area contributed by atoms with Crippen LogP contribution < -0.4 is 5.32 Å². The molecule has 0 fully saturated rings. The van der Waals surface area contributed by atoms with Crippen molar-refractivity contribution in [1.82, 2.24) is 24.5 Å². The Morgan fingerprint density at radius 3 is 2.63 bits per heavy atom. The van der Waals surface area contributed by atoms with Gasteiger partial charge < -0.3 is 5.32 Å². The van der Waals surface area contributed by atoms with E-state index in [2.05, 4.69) is 10.3 Å². The van der Waals surface area contributed by atoms with Gasteiger partial charge >= 0.3 is 0 Å². The molecule has 148 valence electrons. The predicted octanol–water partition coefficient (Wildman–Crippen LogP) is 4.49. The van der Waals surface area contributed by atoms with Crippen LogP contribution in [-0.4, -0.2) is 25.1 Å². The van der Waals surface area contributed by atoms with E-state index in [4.69, 9.17) is 5.10 Å². The lowest BCUT2D eigenvalue weighted by Gasteiger charge is -2.03. The number of nitrogens with zero attached hydrogens (tertiary/aromatic N) is 4. The van der Waals surface area contributed by atoms with E-state index in [9.17, 15) is 4.79 Å². The summed E-state index contributed by atoms with van der Waals surface area (Å²) in [5.41, 5.74) is 4.99. The maximum Gasteiger partial charge on any atom is 0.255 e. The molecule has 0 atom stereocenters. The largest absolute Gasteiger partial charge is 0.346 e. The summed E-state index contributed by atoms with van der Waals surface area (Å²) in [6.45, 7) is 2.40. The second-order valence-corrected chi connectivity index (χ2v) is 7.92. The van der Waals surface area contributed by atoms with Crippen molar-refractivity contribution < 1.29 is 4.79 Å². The first-order chi connectivity index (χ1) is 14.7. The van der Waals surface area contributed by atoms with Crippen LogP contribution in [0.2, 0.25) is 0 Å². The van der Waals surface area contributed by atoms with Gasteiger partial charge in [0.15, 0.2) is 4.96 Å². The molecular formula is C23H19N5OS. The zero-order valence-electron chi connectivity index (χ0n) is 16.3. The molecule has 3 heterocycles. The van der Waals surface area contributed by atoms with Crippen LogP contribution >= 0.6 is 11.3 Å². The van der Waals surface area contributed by atoms with Gasteiger partial charge in [0.1, 0.15) is 5.69 Å². The minimum absolute atomic E-state index is 0.177. The third-order valence-electron chi connectivity index (χ3n) is 4.88. The van der Waals surface area contributed by atoms with E-state index in [1.807, 2.05) is 83.7 Å². The molecule has 7 heteroatoms. The van der Waals surface area contributed by atoms with Gasteiger partial charge in [-0.2, -0.15) is 5.10 Å². The van der Waals surface area contributed by atoms with Gasteiger partial charge in [0.05, 0.1) is 23.5 Å². The van der Waals surface area contributed by atoms with Crippen LogP contribution in [0.5, 0.6) is 0 Å². The summed E-state index contributed by atoms with van der Waals surface area (Å²) < 4.78 is 3.71. The standard InChI is InChI=1S/C23H19N5OS/c1-16-7-9-19(10-8-16)28-15-20(21(26-28)17-5-3-2-4-6-17)22(29)24-13-18-14-27-11-12-30-23(27)25-18/h2-12,14-15H,13H2,1H3,(H,24,29). The topological polar surface area (TPSA) is 64.2 Å². The third-order valence-corrected chi connectivity index (χ3v) is 5.65. The normalized spacial score (nSPS) is 11.1. The fourth-order valence-electron chi connectivity index (χ4n) is 3.31. The van der Waals surface area contributed by atoms with Crippen molar-refractivity contribution in [2.75, 3.05) is 0 Å². The van der Waals surface area contributed by atoms with Crippen molar-refractivity contribution >= 4 is 22.2 Å². The summed E-state index contributed by atoms with van der Waals surface area (Å²) in [6.07, 6.45) is 5.67. The van der Waals surface area contributed by atoms with Crippen LogP contribution in [0.1, 0.15) is 21.6 Å². The lowest BCUT2D eigenvalue weighted by Crippen LogP contribution is -2.23. The molecule has 5 aromatic rings. The first-order valence-corrected chi connectivity index (χ1v) is 10.5. The molecule has 0 saturated carbocycles. The summed E-state index contributed by atoms with van der Waals surface area (Å²) in [4.78, 5) is 18.5. The summed E-state index contributed by atoms with van der Waals surface area (Å²) in [7, 11) is 0. The van der Waals surface area contributed by atoms with Crippen LogP contribution in [-0.2, 0) is 6.54 Å². The van der Waals surface area contributed by atoms with Crippen molar-refractivity contribution in [1.29, 1.82) is 0 Å². The molecule has 1 amide bonds. The van der Waals surface area contributed by atoms with E-state index in [1.54, 1.807) is 22.2 Å². The molecule has 0 aliphatic heterocycles. The van der Waals surface area contributed by atoms with E-state index in [1.165, 1.54) is 5.56 Å². The number of hydrogen-bond acceptors (Lipinski definition) is 4. The van der Waals surface area contributed by atoms with Crippen molar-refractivity contribution in [3.8, 4) is 16.9 Å². The molecule has 6 nitrogen and oxygen atoms in total. The molecule has 0 radical (unpaired) electrons. The highest BCUT2D eigenvalue weighted by molar-refractivity contribution is 7.15. The van der Waals surface area contributed by atoms with Crippen LogP contribution in [0.25, 0.3) is 21.9 Å². The van der Waals surface area contributed by atoms with Gasteiger partial charge in [-0.1, -0.05) is 48.0 Å². The Morgan fingerprint density at radius 2 is 1.87 bits per heavy atom. The first kappa shape index (κ1) is 18.3. The number of imidazole rings is 1. The number of hydrogen-bond donors (Lipinski definition) is 1. The molecule has 2 aromatic carbocycles. The Morgan fingerprint density at radius 1 is 1.07 bits per heavy atom. The van der Waals surface area contributed by atoms with Crippen molar-refractivity contribution in [3.63, 3.8) is 0 Å². The Hall–Kier alpha value is -3.71. The van der Waals surface area contributed by atoms with Gasteiger partial charge in [0.2, 0.25) is 0 Å². The van der Waals surface area contributed by atoms with Gasteiger partial charge in [-0.3, -0.25) is 9.20 Å². The van der Waals surface area contributed by atoms with Crippen molar-refractivity contribution in [2.24, 2.45) is 0 Å². The second-order valence-electron chi connectivity index (χ2n) is 7.05. The maximum atomic E-state index is 13.1. The molecule has 3 aromatic heterocycles. The van der Waals surface area contributed by atoms with E-state index < -0.39 is 0 Å². The second kappa shape index (κ2) is 7.61. The predicted molar refractivity (Wildman–Crippen MR) is 118 cm³/mol. The minimum atomic E-state index is -0.177. The van der Waals surface area contributed by atoms with Gasteiger partial charge in [-0.05, 0) is 19.1 Å². The van der Waals surface area contributed by atoms with Gasteiger partial charge in [-0.25, -0.2) is 9.67 Å². The Bertz CT molecular complexity index is 1290. The number of amides is 1. The summed E-state index contributed by atoms with van der Waals surface area (Å²) in [5.74, 6) is -0.177. The number of carbonyl (C=O) groups is 1. The van der Waals surface area contributed by atoms with E-state index in [0.717, 1.165) is 21.9 Å². The van der Waals surface area contributed by atoms with Crippen molar-refractivity contribution in [3.05, 3.63) is 95.4 Å². The average Bonchev–Trinajstić information content (AvgIpc) is 3.48. The fourth-order valence-corrected chi connectivity index (χ4v) is 4.03. The summed E-state index contributed by atoms with van der Waals surface area (Å²) in [5, 5.41) is 9.69. The number of carbonyl (C=O) groups excluding carboxylic acids is 1. The Labute approximate surface area is 177 Å². The number of benzene rings is 2. The molecular weight excluding hydrogens is 394 g/mol. The molecule has 0 bridgehead atoms. The Kier molecular flexibility index (Phi) is 4.65. The van der Waals surface area contributed by atoms with E-state index in [-0.39, 0.29) is 5.91 Å². The van der Waals surface area contributed by atoms with Crippen LogP contribution in [0.4, 0.5) is 0 Å². The lowest BCUT2D eigenvalue weighted by atomic mass is 10.1. The number of fused-ring (bicyclic) bond motifs is 1. The minimum Gasteiger partial charge on any atom is -0.346 e. The van der Waals surface area contributed by atoms with Gasteiger partial charge in [-0.15, -0.1) is 11.3 Å². The molecule has 0 spiro atoms. The van der Waals surface area contributed by atoms with Gasteiger partial charge in [0, 0.05) is 29.5 Å². The zero-order valence-corrected chi connectivity index (χ0v) is 17.1. The van der Waals surface area contributed by atoms with Crippen molar-refractivity contribution in [2.45, 2.75) is 13.5 Å². The molecule has 5 rings (SSSR count). The quantitative estimate of drug-likeness (QED) is 0.462. The third kappa shape index (κ3) is 3.51. The lowest BCUT2D eigenvalue weighted by molar-refractivity contribution is 0.0951. The monoisotopic (exact) mass is 413 g/mol. The summed E-state index contributed by atoms with van der Waals surface area (Å²) >= 11 is 1.57. The maximum absolute atomic E-state index is 13.1. The van der Waals surface area contributed by atoms with Crippen LogP contribution in [0.15, 0.2) is 78.6 Å². The number of aryl methyl sites for hydroxylation is 1. The molecule has 0 aliphatic rings. The fraction of sp³-hybridized carbons (Fsp3) is 0.0870. The number of thiazole rings is 1. The average molecular weight is 414 g/mol. The first-order valence-electron chi connectivity index (χ1n) is 9.59.